The number of carbonyl (C=O) groups excluding carboxylic acids is 2. The number of carbonyl (C=O) groups is 2. The van der Waals surface area contributed by atoms with E-state index in [2.05, 4.69) is 0 Å². The van der Waals surface area contributed by atoms with E-state index < -0.39 is 0 Å². The van der Waals surface area contributed by atoms with Crippen molar-refractivity contribution in [3.63, 3.8) is 0 Å². The van der Waals surface area contributed by atoms with Gasteiger partial charge in [0.15, 0.2) is 0 Å². The summed E-state index contributed by atoms with van der Waals surface area (Å²) in [6.45, 7) is 0. The van der Waals surface area contributed by atoms with Crippen molar-refractivity contribution in [2.75, 3.05) is 0 Å². The third-order valence-corrected chi connectivity index (χ3v) is 3.38. The molecular weight excluding hydrogens is 224 g/mol. The first-order chi connectivity index (χ1) is 8.75. The Balaban J connectivity index is 2.07. The van der Waals surface area contributed by atoms with Gasteiger partial charge in [-0.1, -0.05) is 48.5 Å². The summed E-state index contributed by atoms with van der Waals surface area (Å²) in [7, 11) is 0. The molecule has 2 aromatic rings. The normalized spacial score (nSPS) is 19.4. The van der Waals surface area contributed by atoms with Crippen molar-refractivity contribution < 1.29 is 9.59 Å². The number of rotatable bonds is 1. The molecule has 0 spiro atoms. The van der Waals surface area contributed by atoms with Gasteiger partial charge in [0.1, 0.15) is 0 Å². The second-order valence-electron chi connectivity index (χ2n) is 4.53. The summed E-state index contributed by atoms with van der Waals surface area (Å²) >= 11 is 0. The summed E-state index contributed by atoms with van der Waals surface area (Å²) in [5.41, 5.74) is 0.927. The number of benzene rings is 2. The number of hydrogen-bond acceptors (Lipinski definition) is 2. The fourth-order valence-corrected chi connectivity index (χ4v) is 2.38. The Bertz CT molecular complexity index is 668. The zero-order valence-corrected chi connectivity index (χ0v) is 9.80. The van der Waals surface area contributed by atoms with E-state index in [-0.39, 0.29) is 17.5 Å². The molecule has 0 heterocycles. The highest BCUT2D eigenvalue weighted by Gasteiger charge is 2.27. The third-order valence-electron chi connectivity index (χ3n) is 3.38. The van der Waals surface area contributed by atoms with Crippen molar-refractivity contribution in [1.82, 2.24) is 0 Å². The van der Waals surface area contributed by atoms with Crippen LogP contribution < -0.4 is 0 Å². The molecule has 0 bridgehead atoms. The molecule has 0 aliphatic heterocycles. The van der Waals surface area contributed by atoms with E-state index >= 15 is 0 Å². The molecule has 88 valence electrons. The minimum absolute atomic E-state index is 0.298. The minimum Gasteiger partial charge on any atom is -0.290 e. The van der Waals surface area contributed by atoms with Crippen molar-refractivity contribution in [3.8, 4) is 0 Å². The number of allylic oxidation sites excluding steroid dienone is 2. The van der Waals surface area contributed by atoms with Crippen LogP contribution in [0.15, 0.2) is 54.6 Å². The van der Waals surface area contributed by atoms with E-state index in [1.807, 2.05) is 42.5 Å². The predicted molar refractivity (Wildman–Crippen MR) is 70.5 cm³/mol. The molecule has 1 atom stereocenters. The van der Waals surface area contributed by atoms with Crippen molar-refractivity contribution in [2.45, 2.75) is 12.3 Å². The third kappa shape index (κ3) is 1.76. The molecule has 2 heteroatoms. The molecule has 0 N–H and O–H groups in total. The summed E-state index contributed by atoms with van der Waals surface area (Å²) < 4.78 is 0. The average Bonchev–Trinajstić information content (AvgIpc) is 2.41. The Morgan fingerprint density at radius 1 is 0.944 bits per heavy atom. The molecule has 0 amide bonds. The van der Waals surface area contributed by atoms with Crippen molar-refractivity contribution in [2.24, 2.45) is 0 Å². The highest BCUT2D eigenvalue weighted by molar-refractivity contribution is 6.44. The Labute approximate surface area is 105 Å². The van der Waals surface area contributed by atoms with Gasteiger partial charge in [0.25, 0.3) is 0 Å². The molecule has 3 rings (SSSR count). The molecule has 1 aliphatic rings. The lowest BCUT2D eigenvalue weighted by molar-refractivity contribution is -0.135. The zero-order valence-electron chi connectivity index (χ0n) is 9.80. The van der Waals surface area contributed by atoms with Gasteiger partial charge < -0.3 is 0 Å². The van der Waals surface area contributed by atoms with Crippen LogP contribution in [0.4, 0.5) is 0 Å². The summed E-state index contributed by atoms with van der Waals surface area (Å²) in [4.78, 5) is 23.3. The lowest BCUT2D eigenvalue weighted by Crippen LogP contribution is -2.23. The maximum atomic E-state index is 11.9. The molecule has 1 unspecified atom stereocenters. The van der Waals surface area contributed by atoms with Gasteiger partial charge in [0.2, 0.25) is 11.6 Å². The predicted octanol–water partition coefficient (Wildman–Crippen LogP) is 3.02. The van der Waals surface area contributed by atoms with Gasteiger partial charge in [0.05, 0.1) is 5.92 Å². The minimum atomic E-state index is -0.389. The van der Waals surface area contributed by atoms with Crippen molar-refractivity contribution in [3.05, 3.63) is 60.2 Å². The van der Waals surface area contributed by atoms with E-state index in [0.29, 0.717) is 6.42 Å². The van der Waals surface area contributed by atoms with Crippen LogP contribution >= 0.6 is 0 Å². The Morgan fingerprint density at radius 2 is 1.72 bits per heavy atom. The number of fused-ring (bicyclic) bond motifs is 1. The monoisotopic (exact) mass is 236 g/mol. The highest BCUT2D eigenvalue weighted by atomic mass is 16.2. The molecule has 0 aromatic heterocycles. The molecule has 0 saturated carbocycles. The summed E-state index contributed by atoms with van der Waals surface area (Å²) in [6, 6.07) is 14.0. The van der Waals surface area contributed by atoms with Crippen LogP contribution in [0.1, 0.15) is 17.9 Å². The van der Waals surface area contributed by atoms with Crippen LogP contribution in [0.2, 0.25) is 0 Å². The first-order valence-corrected chi connectivity index (χ1v) is 5.99. The van der Waals surface area contributed by atoms with Gasteiger partial charge in [-0.25, -0.2) is 0 Å². The molecule has 1 aliphatic carbocycles. The molecule has 0 fully saturated rings. The Kier molecular flexibility index (Phi) is 2.56. The molecule has 2 nitrogen and oxygen atoms in total. The summed E-state index contributed by atoms with van der Waals surface area (Å²) in [6.07, 6.45) is 3.77. The topological polar surface area (TPSA) is 34.1 Å². The molecule has 18 heavy (non-hydrogen) atoms. The lowest BCUT2D eigenvalue weighted by atomic mass is 9.85. The maximum Gasteiger partial charge on any atom is 0.221 e. The van der Waals surface area contributed by atoms with E-state index in [1.165, 1.54) is 6.08 Å². The zero-order chi connectivity index (χ0) is 12.5. The summed E-state index contributed by atoms with van der Waals surface area (Å²) in [5.74, 6) is -1.00. The second-order valence-corrected chi connectivity index (χ2v) is 4.53. The van der Waals surface area contributed by atoms with Crippen LogP contribution in [0.5, 0.6) is 0 Å². The van der Waals surface area contributed by atoms with Gasteiger partial charge in [-0.15, -0.1) is 0 Å². The SMILES string of the molecule is O=C1C=CCC(c2ccc3ccccc3c2)C1=O. The van der Waals surface area contributed by atoms with E-state index in [9.17, 15) is 9.59 Å². The largest absolute Gasteiger partial charge is 0.290 e. The fraction of sp³-hybridized carbons (Fsp3) is 0.125. The number of hydrogen-bond donors (Lipinski definition) is 0. The van der Waals surface area contributed by atoms with Crippen LogP contribution in [-0.2, 0) is 9.59 Å². The number of ketones is 2. The van der Waals surface area contributed by atoms with E-state index in [1.54, 1.807) is 6.08 Å². The van der Waals surface area contributed by atoms with Crippen LogP contribution in [0, 0.1) is 0 Å². The fourth-order valence-electron chi connectivity index (χ4n) is 2.38. The first-order valence-electron chi connectivity index (χ1n) is 5.99. The molecule has 2 aromatic carbocycles. The maximum absolute atomic E-state index is 11.9. The highest BCUT2D eigenvalue weighted by Crippen LogP contribution is 2.27. The van der Waals surface area contributed by atoms with Gasteiger partial charge in [-0.05, 0) is 28.8 Å². The van der Waals surface area contributed by atoms with Crippen LogP contribution in [-0.4, -0.2) is 11.6 Å². The van der Waals surface area contributed by atoms with Gasteiger partial charge >= 0.3 is 0 Å². The van der Waals surface area contributed by atoms with Crippen LogP contribution in [0.3, 0.4) is 0 Å². The van der Waals surface area contributed by atoms with Gasteiger partial charge in [-0.2, -0.15) is 0 Å². The van der Waals surface area contributed by atoms with Crippen LogP contribution in [0.25, 0.3) is 10.8 Å². The van der Waals surface area contributed by atoms with E-state index in [4.69, 9.17) is 0 Å². The Morgan fingerprint density at radius 3 is 2.56 bits per heavy atom. The van der Waals surface area contributed by atoms with Crippen molar-refractivity contribution in [1.29, 1.82) is 0 Å². The van der Waals surface area contributed by atoms with Crippen molar-refractivity contribution >= 4 is 22.3 Å². The lowest BCUT2D eigenvalue weighted by Gasteiger charge is -2.16. The average molecular weight is 236 g/mol. The standard InChI is InChI=1S/C16H12O2/c17-15-7-3-6-14(16(15)18)13-9-8-11-4-1-2-5-12(11)10-13/h1-5,7-10,14H,6H2. The quantitative estimate of drug-likeness (QED) is 0.713. The smallest absolute Gasteiger partial charge is 0.221 e. The molecule has 0 saturated heterocycles. The summed E-state index contributed by atoms with van der Waals surface area (Å²) in [5, 5.41) is 2.25. The molecule has 0 radical (unpaired) electrons. The second kappa shape index (κ2) is 4.22. The first kappa shape index (κ1) is 10.9. The Hall–Kier alpha value is -2.22. The van der Waals surface area contributed by atoms with Gasteiger partial charge in [0, 0.05) is 0 Å². The van der Waals surface area contributed by atoms with E-state index in [0.717, 1.165) is 16.3 Å². The number of Topliss-reactive ketones (excluding diaryl/α,β-unsaturated/α-hetero) is 1. The van der Waals surface area contributed by atoms with Gasteiger partial charge in [-0.3, -0.25) is 9.59 Å². The molecular formula is C16H12O2.